The van der Waals surface area contributed by atoms with Crippen LogP contribution >= 0.6 is 11.3 Å². The van der Waals surface area contributed by atoms with Gasteiger partial charge in [-0.15, -0.1) is 11.3 Å². The molecule has 1 N–H and O–H groups in total. The Morgan fingerprint density at radius 1 is 0.406 bits per heavy atom. The summed E-state index contributed by atoms with van der Waals surface area (Å²) in [6.07, 6.45) is 0. The van der Waals surface area contributed by atoms with Crippen LogP contribution in [0.25, 0.3) is 42.4 Å². The molecular weight excluding hydrogens is 406 g/mol. The lowest BCUT2D eigenvalue weighted by Crippen LogP contribution is -1.90. The van der Waals surface area contributed by atoms with Crippen LogP contribution in [0.5, 0.6) is 0 Å². The summed E-state index contributed by atoms with van der Waals surface area (Å²) in [6, 6.07) is 43.2. The van der Waals surface area contributed by atoms with Crippen molar-refractivity contribution in [1.82, 2.24) is 0 Å². The van der Waals surface area contributed by atoms with Crippen molar-refractivity contribution in [2.45, 2.75) is 0 Å². The summed E-state index contributed by atoms with van der Waals surface area (Å²) in [6.45, 7) is 0. The van der Waals surface area contributed by atoms with E-state index in [1.807, 2.05) is 11.3 Å². The van der Waals surface area contributed by atoms with Gasteiger partial charge in [-0.1, -0.05) is 78.9 Å². The predicted molar refractivity (Wildman–Crippen MR) is 140 cm³/mol. The Labute approximate surface area is 191 Å². The number of hydrogen-bond acceptors (Lipinski definition) is 2. The predicted octanol–water partition coefficient (Wildman–Crippen LogP) is 9.13. The van der Waals surface area contributed by atoms with Gasteiger partial charge in [-0.3, -0.25) is 0 Å². The van der Waals surface area contributed by atoms with Crippen molar-refractivity contribution in [1.29, 1.82) is 0 Å². The standard InChI is InChI=1S/C30H21NS/c1-2-7-21(8-3-1)23-9-6-10-24(19-23)22-13-15-25(16-14-22)31-26-17-18-30-28(20-26)27-11-4-5-12-29(27)32-30/h1-20,31H. The molecule has 6 aromatic rings. The van der Waals surface area contributed by atoms with Crippen LogP contribution < -0.4 is 5.32 Å². The zero-order chi connectivity index (χ0) is 21.3. The van der Waals surface area contributed by atoms with E-state index < -0.39 is 0 Å². The molecule has 5 aromatic carbocycles. The van der Waals surface area contributed by atoms with Crippen LogP contribution in [0.15, 0.2) is 121 Å². The molecule has 1 nitrogen and oxygen atoms in total. The van der Waals surface area contributed by atoms with Crippen LogP contribution in [0, 0.1) is 0 Å². The quantitative estimate of drug-likeness (QED) is 0.296. The van der Waals surface area contributed by atoms with E-state index in [4.69, 9.17) is 0 Å². The van der Waals surface area contributed by atoms with Crippen molar-refractivity contribution in [3.05, 3.63) is 121 Å². The van der Waals surface area contributed by atoms with Gasteiger partial charge in [-0.05, 0) is 64.7 Å². The molecule has 0 saturated heterocycles. The Bertz CT molecular complexity index is 1530. The second kappa shape index (κ2) is 7.99. The number of rotatable bonds is 4. The number of thiophene rings is 1. The van der Waals surface area contributed by atoms with E-state index >= 15 is 0 Å². The summed E-state index contributed by atoms with van der Waals surface area (Å²) >= 11 is 1.85. The monoisotopic (exact) mass is 427 g/mol. The minimum atomic E-state index is 1.09. The number of anilines is 2. The van der Waals surface area contributed by atoms with Gasteiger partial charge in [0.05, 0.1) is 0 Å². The average Bonchev–Trinajstić information content (AvgIpc) is 3.23. The van der Waals surface area contributed by atoms with Crippen molar-refractivity contribution in [2.24, 2.45) is 0 Å². The van der Waals surface area contributed by atoms with Crippen molar-refractivity contribution < 1.29 is 0 Å². The van der Waals surface area contributed by atoms with Crippen molar-refractivity contribution in [3.8, 4) is 22.3 Å². The Morgan fingerprint density at radius 2 is 1.03 bits per heavy atom. The molecular formula is C30H21NS. The number of hydrogen-bond donors (Lipinski definition) is 1. The molecule has 0 unspecified atom stereocenters. The highest BCUT2D eigenvalue weighted by molar-refractivity contribution is 7.25. The third-order valence-electron chi connectivity index (χ3n) is 5.85. The molecule has 0 aliphatic rings. The van der Waals surface area contributed by atoms with E-state index in [2.05, 4.69) is 127 Å². The smallest absolute Gasteiger partial charge is 0.0391 e. The summed E-state index contributed by atoms with van der Waals surface area (Å²) in [4.78, 5) is 0. The third-order valence-corrected chi connectivity index (χ3v) is 7.01. The Hall–Kier alpha value is -3.88. The molecule has 0 fully saturated rings. The van der Waals surface area contributed by atoms with Gasteiger partial charge in [0.1, 0.15) is 0 Å². The first-order chi connectivity index (χ1) is 15.8. The molecule has 0 amide bonds. The van der Waals surface area contributed by atoms with E-state index in [1.165, 1.54) is 42.4 Å². The van der Waals surface area contributed by atoms with Crippen LogP contribution in [-0.4, -0.2) is 0 Å². The molecule has 0 spiro atoms. The molecule has 6 rings (SSSR count). The zero-order valence-electron chi connectivity index (χ0n) is 17.5. The van der Waals surface area contributed by atoms with Crippen molar-refractivity contribution in [3.63, 3.8) is 0 Å². The first kappa shape index (κ1) is 18.9. The molecule has 1 aromatic heterocycles. The molecule has 0 radical (unpaired) electrons. The minimum Gasteiger partial charge on any atom is -0.356 e. The topological polar surface area (TPSA) is 12.0 Å². The average molecular weight is 428 g/mol. The largest absolute Gasteiger partial charge is 0.356 e. The molecule has 2 heteroatoms. The van der Waals surface area contributed by atoms with E-state index in [1.54, 1.807) is 0 Å². The van der Waals surface area contributed by atoms with E-state index in [0.717, 1.165) is 11.4 Å². The third kappa shape index (κ3) is 3.55. The lowest BCUT2D eigenvalue weighted by molar-refractivity contribution is 1.55. The molecule has 152 valence electrons. The first-order valence-electron chi connectivity index (χ1n) is 10.8. The van der Waals surface area contributed by atoms with Gasteiger partial charge in [-0.2, -0.15) is 0 Å². The number of nitrogens with one attached hydrogen (secondary N) is 1. The first-order valence-corrected chi connectivity index (χ1v) is 11.6. The highest BCUT2D eigenvalue weighted by atomic mass is 32.1. The fourth-order valence-electron chi connectivity index (χ4n) is 4.23. The van der Waals surface area contributed by atoms with Gasteiger partial charge in [-0.25, -0.2) is 0 Å². The lowest BCUT2D eigenvalue weighted by Gasteiger charge is -2.09. The highest BCUT2D eigenvalue weighted by Gasteiger charge is 2.06. The maximum absolute atomic E-state index is 3.57. The summed E-state index contributed by atoms with van der Waals surface area (Å²) in [5, 5.41) is 6.21. The second-order valence-corrected chi connectivity index (χ2v) is 9.04. The second-order valence-electron chi connectivity index (χ2n) is 7.96. The number of benzene rings is 5. The van der Waals surface area contributed by atoms with E-state index in [9.17, 15) is 0 Å². The van der Waals surface area contributed by atoms with Gasteiger partial charge in [0, 0.05) is 31.5 Å². The van der Waals surface area contributed by atoms with Crippen LogP contribution in [0.4, 0.5) is 11.4 Å². The molecule has 0 saturated carbocycles. The maximum Gasteiger partial charge on any atom is 0.0391 e. The molecule has 32 heavy (non-hydrogen) atoms. The Kier molecular flexibility index (Phi) is 4.71. The van der Waals surface area contributed by atoms with Gasteiger partial charge in [0.15, 0.2) is 0 Å². The Balaban J connectivity index is 1.27. The normalized spacial score (nSPS) is 11.1. The fourth-order valence-corrected chi connectivity index (χ4v) is 5.31. The van der Waals surface area contributed by atoms with Gasteiger partial charge in [0.25, 0.3) is 0 Å². The van der Waals surface area contributed by atoms with Gasteiger partial charge >= 0.3 is 0 Å². The molecule has 1 heterocycles. The molecule has 0 bridgehead atoms. The minimum absolute atomic E-state index is 1.09. The van der Waals surface area contributed by atoms with Crippen LogP contribution in [-0.2, 0) is 0 Å². The van der Waals surface area contributed by atoms with Gasteiger partial charge in [0.2, 0.25) is 0 Å². The molecule has 0 aliphatic carbocycles. The maximum atomic E-state index is 3.57. The van der Waals surface area contributed by atoms with E-state index in [0.29, 0.717) is 0 Å². The fraction of sp³-hybridized carbons (Fsp3) is 0. The summed E-state index contributed by atoms with van der Waals surface area (Å²) in [5.74, 6) is 0. The van der Waals surface area contributed by atoms with Crippen LogP contribution in [0.2, 0.25) is 0 Å². The summed E-state index contributed by atoms with van der Waals surface area (Å²) in [7, 11) is 0. The van der Waals surface area contributed by atoms with Crippen LogP contribution in [0.1, 0.15) is 0 Å². The van der Waals surface area contributed by atoms with Crippen LogP contribution in [0.3, 0.4) is 0 Å². The SMILES string of the molecule is c1ccc(-c2cccc(-c3ccc(Nc4ccc5sc6ccccc6c5c4)cc3)c2)cc1. The highest BCUT2D eigenvalue weighted by Crippen LogP contribution is 2.36. The van der Waals surface area contributed by atoms with E-state index in [-0.39, 0.29) is 0 Å². The number of fused-ring (bicyclic) bond motifs is 3. The molecule has 0 aliphatic heterocycles. The lowest BCUT2D eigenvalue weighted by atomic mass is 9.99. The van der Waals surface area contributed by atoms with Crippen molar-refractivity contribution in [2.75, 3.05) is 5.32 Å². The molecule has 0 atom stereocenters. The zero-order valence-corrected chi connectivity index (χ0v) is 18.3. The van der Waals surface area contributed by atoms with Crippen molar-refractivity contribution >= 4 is 42.9 Å². The summed E-state index contributed by atoms with van der Waals surface area (Å²) in [5.41, 5.74) is 7.12. The Morgan fingerprint density at radius 3 is 1.84 bits per heavy atom. The van der Waals surface area contributed by atoms with Gasteiger partial charge < -0.3 is 5.32 Å². The summed E-state index contributed by atoms with van der Waals surface area (Å²) < 4.78 is 2.66.